The molecule has 0 aromatic heterocycles. The van der Waals surface area contributed by atoms with E-state index in [0.717, 1.165) is 12.8 Å². The molecule has 0 spiro atoms. The summed E-state index contributed by atoms with van der Waals surface area (Å²) >= 11 is 3.18. The molecule has 0 saturated heterocycles. The average Bonchev–Trinajstić information content (AvgIpc) is 3.45. The Morgan fingerprint density at radius 2 is 1.89 bits per heavy atom. The van der Waals surface area contributed by atoms with Crippen molar-refractivity contribution in [1.82, 2.24) is 10.1 Å². The number of nitrogens with one attached hydrogen (secondary N) is 3. The number of rotatable bonds is 8. The van der Waals surface area contributed by atoms with Gasteiger partial charge in [0.2, 0.25) is 10.0 Å². The molecule has 2 aromatic carbocycles. The van der Waals surface area contributed by atoms with Crippen molar-refractivity contribution in [3.63, 3.8) is 0 Å². The first-order valence-corrected chi connectivity index (χ1v) is 10.8. The standard InChI is InChI=1S/C18H19BrFN3O4S/c1-11(27-17-9-2-12(20)10-16(17)19)18(24)22-21-13-5-7-15(8-6-13)28(25,26)23-14-3-4-14/h2,5-11,14,21,23H,3-4H2,1H3,(H,22,24). The zero-order valence-electron chi connectivity index (χ0n) is 14.9. The van der Waals surface area contributed by atoms with E-state index in [4.69, 9.17) is 4.74 Å². The molecule has 28 heavy (non-hydrogen) atoms. The van der Waals surface area contributed by atoms with E-state index in [-0.39, 0.29) is 10.9 Å². The number of carbonyl (C=O) groups excluding carboxylic acids is 1. The summed E-state index contributed by atoms with van der Waals surface area (Å²) in [5.74, 6) is -0.541. The van der Waals surface area contributed by atoms with E-state index in [2.05, 4.69) is 31.5 Å². The molecule has 150 valence electrons. The number of sulfonamides is 1. The molecular weight excluding hydrogens is 453 g/mol. The quantitative estimate of drug-likeness (QED) is 0.514. The van der Waals surface area contributed by atoms with Crippen LogP contribution in [-0.2, 0) is 14.8 Å². The lowest BCUT2D eigenvalue weighted by Gasteiger charge is -2.16. The summed E-state index contributed by atoms with van der Waals surface area (Å²) < 4.78 is 45.9. The van der Waals surface area contributed by atoms with E-state index in [9.17, 15) is 17.6 Å². The Balaban J connectivity index is 1.53. The van der Waals surface area contributed by atoms with Crippen molar-refractivity contribution in [3.05, 3.63) is 52.8 Å². The van der Waals surface area contributed by atoms with Crippen LogP contribution in [0.3, 0.4) is 0 Å². The summed E-state index contributed by atoms with van der Waals surface area (Å²) in [5, 5.41) is 0. The molecule has 7 nitrogen and oxygen atoms in total. The minimum absolute atomic E-state index is 0.0321. The Labute approximate surface area is 170 Å². The molecule has 0 heterocycles. The Kier molecular flexibility index (Phi) is 6.21. The third kappa shape index (κ3) is 5.43. The van der Waals surface area contributed by atoms with E-state index in [1.165, 1.54) is 30.3 Å². The first kappa shape index (κ1) is 20.6. The van der Waals surface area contributed by atoms with Gasteiger partial charge >= 0.3 is 0 Å². The highest BCUT2D eigenvalue weighted by atomic mass is 79.9. The van der Waals surface area contributed by atoms with Gasteiger partial charge in [0.25, 0.3) is 5.91 Å². The molecule has 0 bridgehead atoms. The molecular formula is C18H19BrFN3O4S. The minimum atomic E-state index is -3.52. The maximum Gasteiger partial charge on any atom is 0.279 e. The number of halogens is 2. The zero-order valence-corrected chi connectivity index (χ0v) is 17.3. The van der Waals surface area contributed by atoms with Gasteiger partial charge in [0.15, 0.2) is 6.10 Å². The summed E-state index contributed by atoms with van der Waals surface area (Å²) in [7, 11) is -3.52. The largest absolute Gasteiger partial charge is 0.480 e. The third-order valence-corrected chi connectivity index (χ3v) is 6.12. The molecule has 1 saturated carbocycles. The predicted molar refractivity (Wildman–Crippen MR) is 106 cm³/mol. The van der Waals surface area contributed by atoms with Gasteiger partial charge in [0.1, 0.15) is 11.6 Å². The van der Waals surface area contributed by atoms with Crippen molar-refractivity contribution in [1.29, 1.82) is 0 Å². The molecule has 1 fully saturated rings. The average molecular weight is 472 g/mol. The van der Waals surface area contributed by atoms with Crippen LogP contribution in [0, 0.1) is 5.82 Å². The number of ether oxygens (including phenoxy) is 1. The van der Waals surface area contributed by atoms with Crippen molar-refractivity contribution < 1.29 is 22.3 Å². The van der Waals surface area contributed by atoms with Gasteiger partial charge in [-0.05, 0) is 78.2 Å². The lowest BCUT2D eigenvalue weighted by atomic mass is 10.3. The fraction of sp³-hybridized carbons (Fsp3) is 0.278. The molecule has 3 N–H and O–H groups in total. The minimum Gasteiger partial charge on any atom is -0.480 e. The summed E-state index contributed by atoms with van der Waals surface area (Å²) in [6.45, 7) is 1.55. The molecule has 0 radical (unpaired) electrons. The van der Waals surface area contributed by atoms with Crippen molar-refractivity contribution in [2.45, 2.75) is 36.8 Å². The lowest BCUT2D eigenvalue weighted by Crippen LogP contribution is -2.39. The van der Waals surface area contributed by atoms with Gasteiger partial charge in [-0.25, -0.2) is 17.5 Å². The Hall–Kier alpha value is -2.17. The summed E-state index contributed by atoms with van der Waals surface area (Å²) in [4.78, 5) is 12.3. The monoisotopic (exact) mass is 471 g/mol. The normalized spacial score (nSPS) is 15.0. The van der Waals surface area contributed by atoms with Crippen molar-refractivity contribution in [2.75, 3.05) is 5.43 Å². The summed E-state index contributed by atoms with van der Waals surface area (Å²) in [6, 6.07) is 9.93. The van der Waals surface area contributed by atoms with Crippen LogP contribution >= 0.6 is 15.9 Å². The van der Waals surface area contributed by atoms with Crippen LogP contribution in [0.15, 0.2) is 51.8 Å². The molecule has 1 aliphatic carbocycles. The number of hydrazine groups is 1. The van der Waals surface area contributed by atoms with Crippen LogP contribution < -0.4 is 20.3 Å². The molecule has 0 aliphatic heterocycles. The van der Waals surface area contributed by atoms with Crippen molar-refractivity contribution in [3.8, 4) is 5.75 Å². The predicted octanol–water partition coefficient (Wildman–Crippen LogP) is 2.94. The van der Waals surface area contributed by atoms with Crippen molar-refractivity contribution in [2.24, 2.45) is 0 Å². The lowest BCUT2D eigenvalue weighted by molar-refractivity contribution is -0.126. The highest BCUT2D eigenvalue weighted by Crippen LogP contribution is 2.26. The van der Waals surface area contributed by atoms with E-state index < -0.39 is 27.9 Å². The highest BCUT2D eigenvalue weighted by molar-refractivity contribution is 9.10. The molecule has 1 unspecified atom stereocenters. The fourth-order valence-corrected chi connectivity index (χ4v) is 4.01. The van der Waals surface area contributed by atoms with Crippen LogP contribution in [0.2, 0.25) is 0 Å². The fourth-order valence-electron chi connectivity index (χ4n) is 2.26. The third-order valence-electron chi connectivity index (χ3n) is 3.96. The van der Waals surface area contributed by atoms with E-state index in [0.29, 0.717) is 15.9 Å². The van der Waals surface area contributed by atoms with Crippen molar-refractivity contribution >= 4 is 37.5 Å². The number of carbonyl (C=O) groups is 1. The van der Waals surface area contributed by atoms with Crippen LogP contribution in [0.4, 0.5) is 10.1 Å². The topological polar surface area (TPSA) is 96.5 Å². The number of benzene rings is 2. The number of hydrogen-bond acceptors (Lipinski definition) is 5. The van der Waals surface area contributed by atoms with Gasteiger partial charge in [-0.15, -0.1) is 0 Å². The van der Waals surface area contributed by atoms with Gasteiger partial charge in [0.05, 0.1) is 15.1 Å². The van der Waals surface area contributed by atoms with Gasteiger partial charge in [-0.2, -0.15) is 0 Å². The molecule has 1 atom stereocenters. The smallest absolute Gasteiger partial charge is 0.279 e. The van der Waals surface area contributed by atoms with Crippen LogP contribution in [-0.4, -0.2) is 26.5 Å². The van der Waals surface area contributed by atoms with Crippen LogP contribution in [0.5, 0.6) is 5.75 Å². The molecule has 10 heteroatoms. The Morgan fingerprint density at radius 1 is 1.21 bits per heavy atom. The van der Waals surface area contributed by atoms with Gasteiger partial charge in [-0.1, -0.05) is 0 Å². The van der Waals surface area contributed by atoms with E-state index in [1.807, 2.05) is 0 Å². The van der Waals surface area contributed by atoms with Gasteiger partial charge in [-0.3, -0.25) is 15.6 Å². The maximum absolute atomic E-state index is 13.1. The maximum atomic E-state index is 13.1. The highest BCUT2D eigenvalue weighted by Gasteiger charge is 2.27. The summed E-state index contributed by atoms with van der Waals surface area (Å²) in [5.41, 5.74) is 5.69. The van der Waals surface area contributed by atoms with Gasteiger partial charge < -0.3 is 4.74 Å². The molecule has 1 amide bonds. The number of hydrogen-bond donors (Lipinski definition) is 3. The van der Waals surface area contributed by atoms with Crippen LogP contribution in [0.1, 0.15) is 19.8 Å². The Bertz CT molecular complexity index is 965. The molecule has 2 aromatic rings. The second-order valence-corrected chi connectivity index (χ2v) is 8.94. The first-order chi connectivity index (χ1) is 13.2. The second kappa shape index (κ2) is 8.46. The SMILES string of the molecule is CC(Oc1ccc(F)cc1Br)C(=O)NNc1ccc(S(=O)(=O)NC2CC2)cc1. The molecule has 1 aliphatic rings. The van der Waals surface area contributed by atoms with Gasteiger partial charge in [0, 0.05) is 6.04 Å². The number of amides is 1. The number of anilines is 1. The van der Waals surface area contributed by atoms with E-state index in [1.54, 1.807) is 19.1 Å². The summed E-state index contributed by atoms with van der Waals surface area (Å²) in [6.07, 6.45) is 0.871. The second-order valence-electron chi connectivity index (χ2n) is 6.37. The van der Waals surface area contributed by atoms with Crippen LogP contribution in [0.25, 0.3) is 0 Å². The zero-order chi connectivity index (χ0) is 20.3. The Morgan fingerprint density at radius 3 is 2.50 bits per heavy atom. The first-order valence-electron chi connectivity index (χ1n) is 8.54. The van der Waals surface area contributed by atoms with E-state index >= 15 is 0 Å². The molecule has 3 rings (SSSR count).